The summed E-state index contributed by atoms with van der Waals surface area (Å²) in [6, 6.07) is 7.04. The van der Waals surface area contributed by atoms with Crippen LogP contribution < -0.4 is 5.32 Å². The molecule has 19 heavy (non-hydrogen) atoms. The van der Waals surface area contributed by atoms with Crippen LogP contribution in [0.15, 0.2) is 34.9 Å². The molecule has 0 bridgehead atoms. The fourth-order valence-corrected chi connectivity index (χ4v) is 1.68. The molecule has 0 aliphatic heterocycles. The Bertz CT molecular complexity index is 560. The smallest absolute Gasteiger partial charge is 0.371 e. The summed E-state index contributed by atoms with van der Waals surface area (Å²) in [6.45, 7) is 4.51. The molecule has 0 aliphatic rings. The van der Waals surface area contributed by atoms with E-state index in [1.165, 1.54) is 6.07 Å². The van der Waals surface area contributed by atoms with Crippen molar-refractivity contribution in [3.8, 4) is 0 Å². The SMILES string of the molecule is Cc1ccc(CNC(C)c2ccc(C(=O)O)o2)cn1. The number of nitrogens with zero attached hydrogens (tertiary/aromatic N) is 1. The largest absolute Gasteiger partial charge is 0.475 e. The van der Waals surface area contributed by atoms with Gasteiger partial charge in [0.05, 0.1) is 6.04 Å². The second kappa shape index (κ2) is 5.67. The molecule has 0 amide bonds. The van der Waals surface area contributed by atoms with Crippen LogP contribution in [0.4, 0.5) is 0 Å². The second-order valence-electron chi connectivity index (χ2n) is 4.42. The van der Waals surface area contributed by atoms with Gasteiger partial charge in [0.25, 0.3) is 0 Å². The number of nitrogens with one attached hydrogen (secondary N) is 1. The maximum Gasteiger partial charge on any atom is 0.371 e. The van der Waals surface area contributed by atoms with Crippen LogP contribution in [0.1, 0.15) is 40.5 Å². The molecule has 0 spiro atoms. The van der Waals surface area contributed by atoms with Crippen molar-refractivity contribution in [1.82, 2.24) is 10.3 Å². The van der Waals surface area contributed by atoms with Gasteiger partial charge in [0.2, 0.25) is 5.76 Å². The second-order valence-corrected chi connectivity index (χ2v) is 4.42. The Balaban J connectivity index is 1.95. The predicted octanol–water partition coefficient (Wildman–Crippen LogP) is 2.53. The first-order valence-electron chi connectivity index (χ1n) is 6.04. The molecule has 1 atom stereocenters. The number of carboxylic acids is 1. The number of pyridine rings is 1. The van der Waals surface area contributed by atoms with Crippen LogP contribution >= 0.6 is 0 Å². The third-order valence-corrected chi connectivity index (χ3v) is 2.85. The predicted molar refractivity (Wildman–Crippen MR) is 69.9 cm³/mol. The van der Waals surface area contributed by atoms with Gasteiger partial charge in [-0.15, -0.1) is 0 Å². The minimum absolute atomic E-state index is 0.0411. The summed E-state index contributed by atoms with van der Waals surface area (Å²) in [5.74, 6) is -0.487. The highest BCUT2D eigenvalue weighted by molar-refractivity contribution is 5.84. The molecule has 2 aromatic heterocycles. The van der Waals surface area contributed by atoms with Crippen molar-refractivity contribution in [3.05, 3.63) is 53.2 Å². The quantitative estimate of drug-likeness (QED) is 0.864. The lowest BCUT2D eigenvalue weighted by molar-refractivity contribution is 0.0659. The summed E-state index contributed by atoms with van der Waals surface area (Å²) >= 11 is 0. The highest BCUT2D eigenvalue weighted by Crippen LogP contribution is 2.16. The summed E-state index contributed by atoms with van der Waals surface area (Å²) in [5, 5.41) is 12.1. The van der Waals surface area contributed by atoms with Crippen LogP contribution in [-0.4, -0.2) is 16.1 Å². The standard InChI is InChI=1S/C14H16N2O3/c1-9-3-4-11(7-15-9)8-16-10(2)12-5-6-13(19-12)14(17)18/h3-7,10,16H,8H2,1-2H3,(H,17,18). The van der Waals surface area contributed by atoms with Crippen LogP contribution in [0, 0.1) is 6.92 Å². The zero-order chi connectivity index (χ0) is 13.8. The van der Waals surface area contributed by atoms with Crippen molar-refractivity contribution in [2.45, 2.75) is 26.4 Å². The van der Waals surface area contributed by atoms with Crippen molar-refractivity contribution in [1.29, 1.82) is 0 Å². The molecule has 0 fully saturated rings. The average molecular weight is 260 g/mol. The summed E-state index contributed by atoms with van der Waals surface area (Å²) in [7, 11) is 0. The van der Waals surface area contributed by atoms with E-state index in [9.17, 15) is 4.79 Å². The van der Waals surface area contributed by atoms with Gasteiger partial charge in [-0.05, 0) is 37.6 Å². The Labute approximate surface area is 111 Å². The lowest BCUT2D eigenvalue weighted by Gasteiger charge is -2.11. The van der Waals surface area contributed by atoms with E-state index >= 15 is 0 Å². The van der Waals surface area contributed by atoms with E-state index in [1.54, 1.807) is 6.07 Å². The van der Waals surface area contributed by atoms with Crippen molar-refractivity contribution in [2.24, 2.45) is 0 Å². The molecule has 100 valence electrons. The molecule has 2 aromatic rings. The molecule has 2 heterocycles. The molecular weight excluding hydrogens is 244 g/mol. The van der Waals surface area contributed by atoms with E-state index in [0.717, 1.165) is 11.3 Å². The lowest BCUT2D eigenvalue weighted by Crippen LogP contribution is -2.17. The number of furan rings is 1. The Hall–Kier alpha value is -2.14. The molecule has 0 aromatic carbocycles. The number of rotatable bonds is 5. The molecule has 2 rings (SSSR count). The Morgan fingerprint density at radius 1 is 1.42 bits per heavy atom. The Morgan fingerprint density at radius 2 is 2.21 bits per heavy atom. The lowest BCUT2D eigenvalue weighted by atomic mass is 10.2. The maximum atomic E-state index is 10.7. The number of carboxylic acid groups (broad SMARTS) is 1. The molecule has 0 radical (unpaired) electrons. The molecule has 0 saturated carbocycles. The van der Waals surface area contributed by atoms with Crippen LogP contribution in [0.2, 0.25) is 0 Å². The topological polar surface area (TPSA) is 75.4 Å². The molecule has 2 N–H and O–H groups in total. The van der Waals surface area contributed by atoms with E-state index in [2.05, 4.69) is 10.3 Å². The van der Waals surface area contributed by atoms with Crippen LogP contribution in [0.5, 0.6) is 0 Å². The van der Waals surface area contributed by atoms with Gasteiger partial charge in [-0.25, -0.2) is 4.79 Å². The van der Waals surface area contributed by atoms with Crippen molar-refractivity contribution in [3.63, 3.8) is 0 Å². The summed E-state index contributed by atoms with van der Waals surface area (Å²) in [6.07, 6.45) is 1.82. The van der Waals surface area contributed by atoms with Crippen LogP contribution in [0.3, 0.4) is 0 Å². The molecule has 0 aliphatic carbocycles. The highest BCUT2D eigenvalue weighted by atomic mass is 16.4. The van der Waals surface area contributed by atoms with Gasteiger partial charge in [0.1, 0.15) is 5.76 Å². The van der Waals surface area contributed by atoms with Crippen LogP contribution in [0.25, 0.3) is 0 Å². The molecule has 5 nitrogen and oxygen atoms in total. The van der Waals surface area contributed by atoms with Crippen molar-refractivity contribution in [2.75, 3.05) is 0 Å². The zero-order valence-corrected chi connectivity index (χ0v) is 10.9. The molecule has 0 saturated heterocycles. The average Bonchev–Trinajstić information content (AvgIpc) is 2.87. The first kappa shape index (κ1) is 13.3. The minimum Gasteiger partial charge on any atom is -0.475 e. The van der Waals surface area contributed by atoms with E-state index < -0.39 is 5.97 Å². The van der Waals surface area contributed by atoms with Gasteiger partial charge >= 0.3 is 5.97 Å². The number of aromatic nitrogens is 1. The van der Waals surface area contributed by atoms with Crippen LogP contribution in [-0.2, 0) is 6.54 Å². The van der Waals surface area contributed by atoms with E-state index in [0.29, 0.717) is 12.3 Å². The number of carbonyl (C=O) groups is 1. The van der Waals surface area contributed by atoms with Crippen molar-refractivity contribution >= 4 is 5.97 Å². The number of aromatic carboxylic acids is 1. The van der Waals surface area contributed by atoms with E-state index in [4.69, 9.17) is 9.52 Å². The number of hydrogen-bond donors (Lipinski definition) is 2. The summed E-state index contributed by atoms with van der Waals surface area (Å²) in [5.41, 5.74) is 2.05. The maximum absolute atomic E-state index is 10.7. The van der Waals surface area contributed by atoms with E-state index in [-0.39, 0.29) is 11.8 Å². The van der Waals surface area contributed by atoms with Gasteiger partial charge in [0.15, 0.2) is 0 Å². The molecular formula is C14H16N2O3. The van der Waals surface area contributed by atoms with Gasteiger partial charge < -0.3 is 14.8 Å². The molecule has 1 unspecified atom stereocenters. The highest BCUT2D eigenvalue weighted by Gasteiger charge is 2.13. The fraction of sp³-hybridized carbons (Fsp3) is 0.286. The minimum atomic E-state index is -1.05. The first-order valence-corrected chi connectivity index (χ1v) is 6.04. The van der Waals surface area contributed by atoms with Gasteiger partial charge in [-0.3, -0.25) is 4.98 Å². The zero-order valence-electron chi connectivity index (χ0n) is 10.9. The normalized spacial score (nSPS) is 12.3. The van der Waals surface area contributed by atoms with Crippen molar-refractivity contribution < 1.29 is 14.3 Å². The fourth-order valence-electron chi connectivity index (χ4n) is 1.68. The third-order valence-electron chi connectivity index (χ3n) is 2.85. The van der Waals surface area contributed by atoms with Gasteiger partial charge in [-0.2, -0.15) is 0 Å². The Kier molecular flexibility index (Phi) is 3.97. The molecule has 5 heteroatoms. The Morgan fingerprint density at radius 3 is 2.79 bits per heavy atom. The van der Waals surface area contributed by atoms with Gasteiger partial charge in [0, 0.05) is 18.4 Å². The van der Waals surface area contributed by atoms with Gasteiger partial charge in [-0.1, -0.05) is 6.07 Å². The third kappa shape index (κ3) is 3.42. The van der Waals surface area contributed by atoms with E-state index in [1.807, 2.05) is 32.2 Å². The summed E-state index contributed by atoms with van der Waals surface area (Å²) in [4.78, 5) is 14.9. The number of aryl methyl sites for hydroxylation is 1. The summed E-state index contributed by atoms with van der Waals surface area (Å²) < 4.78 is 5.24. The number of hydrogen-bond acceptors (Lipinski definition) is 4. The first-order chi connectivity index (χ1) is 9.06. The monoisotopic (exact) mass is 260 g/mol.